The van der Waals surface area contributed by atoms with E-state index in [1.165, 1.54) is 32.5 Å². The first kappa shape index (κ1) is 14.8. The molecule has 2 aliphatic heterocycles. The average molecular weight is 267 g/mol. The molecule has 2 saturated heterocycles. The smallest absolute Gasteiger partial charge is 0.225 e. The number of carbonyl (C=O) groups is 1. The molecule has 0 aromatic carbocycles. The first-order valence-corrected chi connectivity index (χ1v) is 7.88. The molecule has 0 atom stereocenters. The fourth-order valence-corrected chi connectivity index (χ4v) is 3.17. The van der Waals surface area contributed by atoms with Gasteiger partial charge in [-0.25, -0.2) is 0 Å². The first-order valence-electron chi connectivity index (χ1n) is 7.88. The molecule has 2 fully saturated rings. The molecule has 0 aromatic rings. The Morgan fingerprint density at radius 1 is 1.16 bits per heavy atom. The molecule has 0 spiro atoms. The number of hydrogen-bond acceptors (Lipinski definition) is 3. The Morgan fingerprint density at radius 2 is 1.89 bits per heavy atom. The van der Waals surface area contributed by atoms with Crippen molar-refractivity contribution < 1.29 is 4.79 Å². The molecule has 0 bridgehead atoms. The fraction of sp³-hybridized carbons (Fsp3) is 0.933. The highest BCUT2D eigenvalue weighted by Gasteiger charge is 2.23. The SMILES string of the molecule is CC(C)C(=O)N1CCCN(CC2CCNCC2)CC1. The maximum atomic E-state index is 12.0. The monoisotopic (exact) mass is 267 g/mol. The molecular formula is C15H29N3O. The van der Waals surface area contributed by atoms with Crippen molar-refractivity contribution in [3.8, 4) is 0 Å². The second-order valence-electron chi connectivity index (χ2n) is 6.33. The largest absolute Gasteiger partial charge is 0.341 e. The molecular weight excluding hydrogens is 238 g/mol. The summed E-state index contributed by atoms with van der Waals surface area (Å²) < 4.78 is 0. The zero-order valence-corrected chi connectivity index (χ0v) is 12.5. The summed E-state index contributed by atoms with van der Waals surface area (Å²) in [7, 11) is 0. The van der Waals surface area contributed by atoms with Crippen molar-refractivity contribution in [2.24, 2.45) is 11.8 Å². The van der Waals surface area contributed by atoms with Gasteiger partial charge < -0.3 is 15.1 Å². The molecule has 1 N–H and O–H groups in total. The minimum Gasteiger partial charge on any atom is -0.341 e. The fourth-order valence-electron chi connectivity index (χ4n) is 3.17. The molecule has 19 heavy (non-hydrogen) atoms. The van der Waals surface area contributed by atoms with Crippen LogP contribution >= 0.6 is 0 Å². The third-order valence-electron chi connectivity index (χ3n) is 4.37. The number of carbonyl (C=O) groups excluding carboxylic acids is 1. The minimum atomic E-state index is 0.135. The van der Waals surface area contributed by atoms with Crippen molar-refractivity contribution in [1.29, 1.82) is 0 Å². The van der Waals surface area contributed by atoms with Crippen LogP contribution in [0.4, 0.5) is 0 Å². The molecule has 1 amide bonds. The van der Waals surface area contributed by atoms with Gasteiger partial charge in [-0.2, -0.15) is 0 Å². The van der Waals surface area contributed by atoms with Crippen molar-refractivity contribution in [1.82, 2.24) is 15.1 Å². The average Bonchev–Trinajstić information content (AvgIpc) is 2.64. The molecule has 0 aliphatic carbocycles. The van der Waals surface area contributed by atoms with Crippen molar-refractivity contribution in [2.75, 3.05) is 45.8 Å². The third-order valence-corrected chi connectivity index (χ3v) is 4.37. The van der Waals surface area contributed by atoms with E-state index in [1.807, 2.05) is 13.8 Å². The third kappa shape index (κ3) is 4.46. The van der Waals surface area contributed by atoms with Crippen LogP contribution in [0.15, 0.2) is 0 Å². The lowest BCUT2D eigenvalue weighted by Crippen LogP contribution is -2.39. The van der Waals surface area contributed by atoms with Crippen LogP contribution in [0.2, 0.25) is 0 Å². The Morgan fingerprint density at radius 3 is 2.58 bits per heavy atom. The number of nitrogens with one attached hydrogen (secondary N) is 1. The maximum Gasteiger partial charge on any atom is 0.225 e. The highest BCUT2D eigenvalue weighted by molar-refractivity contribution is 5.78. The lowest BCUT2D eigenvalue weighted by molar-refractivity contribution is -0.134. The number of amides is 1. The van der Waals surface area contributed by atoms with E-state index in [4.69, 9.17) is 0 Å². The van der Waals surface area contributed by atoms with Gasteiger partial charge in [0.15, 0.2) is 0 Å². The number of rotatable bonds is 3. The summed E-state index contributed by atoms with van der Waals surface area (Å²) >= 11 is 0. The second-order valence-corrected chi connectivity index (χ2v) is 6.33. The molecule has 4 nitrogen and oxygen atoms in total. The molecule has 0 unspecified atom stereocenters. The number of nitrogens with zero attached hydrogens (tertiary/aromatic N) is 2. The van der Waals surface area contributed by atoms with E-state index >= 15 is 0 Å². The molecule has 2 aliphatic rings. The highest BCUT2D eigenvalue weighted by atomic mass is 16.2. The van der Waals surface area contributed by atoms with Crippen molar-refractivity contribution in [3.63, 3.8) is 0 Å². The van der Waals surface area contributed by atoms with Crippen LogP contribution in [-0.4, -0.2) is 61.5 Å². The van der Waals surface area contributed by atoms with E-state index in [9.17, 15) is 4.79 Å². The summed E-state index contributed by atoms with van der Waals surface area (Å²) in [5.74, 6) is 1.31. The minimum absolute atomic E-state index is 0.135. The maximum absolute atomic E-state index is 12.0. The Labute approximate surface area is 117 Å². The summed E-state index contributed by atoms with van der Waals surface area (Å²) in [6.07, 6.45) is 3.75. The summed E-state index contributed by atoms with van der Waals surface area (Å²) in [5.41, 5.74) is 0. The second kappa shape index (κ2) is 7.25. The molecule has 0 radical (unpaired) electrons. The Hall–Kier alpha value is -0.610. The van der Waals surface area contributed by atoms with Gasteiger partial charge in [-0.05, 0) is 44.8 Å². The van der Waals surface area contributed by atoms with E-state index in [0.717, 1.165) is 38.5 Å². The van der Waals surface area contributed by atoms with Gasteiger partial charge in [0.1, 0.15) is 0 Å². The van der Waals surface area contributed by atoms with Crippen molar-refractivity contribution >= 4 is 5.91 Å². The summed E-state index contributed by atoms with van der Waals surface area (Å²) in [6.45, 7) is 11.7. The summed E-state index contributed by atoms with van der Waals surface area (Å²) in [6, 6.07) is 0. The van der Waals surface area contributed by atoms with Crippen molar-refractivity contribution in [2.45, 2.75) is 33.1 Å². The van der Waals surface area contributed by atoms with Gasteiger partial charge in [0.05, 0.1) is 0 Å². The standard InChI is InChI=1S/C15H29N3O/c1-13(2)15(19)18-9-3-8-17(10-11-18)12-14-4-6-16-7-5-14/h13-14,16H,3-12H2,1-2H3. The molecule has 4 heteroatoms. The molecule has 0 saturated carbocycles. The number of hydrogen-bond donors (Lipinski definition) is 1. The Kier molecular flexibility index (Phi) is 5.64. The van der Waals surface area contributed by atoms with E-state index in [1.54, 1.807) is 0 Å². The quantitative estimate of drug-likeness (QED) is 0.834. The van der Waals surface area contributed by atoms with Crippen LogP contribution < -0.4 is 5.32 Å². The van der Waals surface area contributed by atoms with E-state index < -0.39 is 0 Å². The summed E-state index contributed by atoms with van der Waals surface area (Å²) in [4.78, 5) is 16.7. The number of piperidine rings is 1. The Balaban J connectivity index is 1.77. The van der Waals surface area contributed by atoms with Gasteiger partial charge >= 0.3 is 0 Å². The molecule has 2 heterocycles. The van der Waals surface area contributed by atoms with E-state index in [0.29, 0.717) is 5.91 Å². The van der Waals surface area contributed by atoms with Crippen LogP contribution in [-0.2, 0) is 4.79 Å². The van der Waals surface area contributed by atoms with Crippen LogP contribution in [0.3, 0.4) is 0 Å². The lowest BCUT2D eigenvalue weighted by Gasteiger charge is -2.29. The Bertz CT molecular complexity index is 287. The van der Waals surface area contributed by atoms with Gasteiger partial charge in [-0.15, -0.1) is 0 Å². The van der Waals surface area contributed by atoms with Crippen molar-refractivity contribution in [3.05, 3.63) is 0 Å². The van der Waals surface area contributed by atoms with Crippen LogP contribution in [0.1, 0.15) is 33.1 Å². The molecule has 0 aromatic heterocycles. The molecule has 2 rings (SSSR count). The van der Waals surface area contributed by atoms with E-state index in [-0.39, 0.29) is 5.92 Å². The van der Waals surface area contributed by atoms with Crippen LogP contribution in [0.5, 0.6) is 0 Å². The van der Waals surface area contributed by atoms with Crippen LogP contribution in [0.25, 0.3) is 0 Å². The zero-order chi connectivity index (χ0) is 13.7. The zero-order valence-electron chi connectivity index (χ0n) is 12.5. The van der Waals surface area contributed by atoms with Crippen LogP contribution in [0, 0.1) is 11.8 Å². The van der Waals surface area contributed by atoms with Gasteiger partial charge in [0, 0.05) is 32.1 Å². The normalized spacial score (nSPS) is 23.6. The lowest BCUT2D eigenvalue weighted by atomic mass is 9.97. The van der Waals surface area contributed by atoms with Gasteiger partial charge in [-0.1, -0.05) is 13.8 Å². The highest BCUT2D eigenvalue weighted by Crippen LogP contribution is 2.15. The predicted molar refractivity (Wildman–Crippen MR) is 78.1 cm³/mol. The molecule has 110 valence electrons. The summed E-state index contributed by atoms with van der Waals surface area (Å²) in [5, 5.41) is 3.43. The van der Waals surface area contributed by atoms with Gasteiger partial charge in [0.2, 0.25) is 5.91 Å². The van der Waals surface area contributed by atoms with E-state index in [2.05, 4.69) is 15.1 Å². The topological polar surface area (TPSA) is 35.6 Å². The first-order chi connectivity index (χ1) is 9.16. The van der Waals surface area contributed by atoms with Gasteiger partial charge in [0.25, 0.3) is 0 Å². The predicted octanol–water partition coefficient (Wildman–Crippen LogP) is 1.18. The van der Waals surface area contributed by atoms with Gasteiger partial charge in [-0.3, -0.25) is 4.79 Å².